The molecule has 2 aliphatic carbocycles. The third kappa shape index (κ3) is 10.3. The first kappa shape index (κ1) is 25.0. The van der Waals surface area contributed by atoms with Gasteiger partial charge in [0.15, 0.2) is 0 Å². The van der Waals surface area contributed by atoms with Gasteiger partial charge >= 0.3 is 0 Å². The summed E-state index contributed by atoms with van der Waals surface area (Å²) in [7, 11) is 0.500. The molecule has 0 heterocycles. The molecule has 0 bridgehead atoms. The van der Waals surface area contributed by atoms with Crippen molar-refractivity contribution < 1.29 is 13.2 Å². The highest BCUT2D eigenvalue weighted by Crippen LogP contribution is 2.45. The van der Waals surface area contributed by atoms with Crippen LogP contribution in [-0.2, 0) is 0 Å². The maximum absolute atomic E-state index is 13.3. The molecule has 0 N–H and O–H groups in total. The Morgan fingerprint density at radius 1 is 0.739 bits per heavy atom. The van der Waals surface area contributed by atoms with E-state index in [-0.39, 0.29) is 18.8 Å². The van der Waals surface area contributed by atoms with Crippen LogP contribution in [0.2, 0.25) is 0 Å². The standard InChI is InChI=1S/C15H26F2.2C2H6.CH3F/c1-12-11-15(16,17)10-9-14(12)13-7-5-3-2-4-6-8-13;3*1-2/h12-14H,2-11H2,1H3;2*1-2H3;1H3. The second-order valence-corrected chi connectivity index (χ2v) is 6.35. The lowest BCUT2D eigenvalue weighted by Crippen LogP contribution is -2.35. The molecule has 3 heteroatoms. The van der Waals surface area contributed by atoms with E-state index >= 15 is 0 Å². The predicted octanol–water partition coefficient (Wildman–Crippen LogP) is 8.06. The van der Waals surface area contributed by atoms with Crippen LogP contribution in [0.15, 0.2) is 0 Å². The Kier molecular flexibility index (Phi) is 16.7. The first-order valence-corrected chi connectivity index (χ1v) is 9.84. The summed E-state index contributed by atoms with van der Waals surface area (Å²) in [5.41, 5.74) is 0. The van der Waals surface area contributed by atoms with Crippen molar-refractivity contribution in [1.29, 1.82) is 0 Å². The summed E-state index contributed by atoms with van der Waals surface area (Å²) in [6, 6.07) is 0. The average molecular weight is 339 g/mol. The molecule has 2 aliphatic rings. The lowest BCUT2D eigenvalue weighted by Gasteiger charge is -2.39. The van der Waals surface area contributed by atoms with E-state index < -0.39 is 5.92 Å². The van der Waals surface area contributed by atoms with Crippen LogP contribution in [0.3, 0.4) is 0 Å². The fourth-order valence-corrected chi connectivity index (χ4v) is 4.00. The normalized spacial score (nSPS) is 27.5. The minimum Gasteiger partial charge on any atom is -0.255 e. The van der Waals surface area contributed by atoms with Gasteiger partial charge in [-0.25, -0.2) is 8.78 Å². The number of halogens is 3. The molecule has 2 saturated carbocycles. The Bertz CT molecular complexity index is 233. The molecule has 0 aromatic carbocycles. The molecule has 0 amide bonds. The van der Waals surface area contributed by atoms with Gasteiger partial charge < -0.3 is 0 Å². The number of alkyl halides is 3. The maximum atomic E-state index is 13.3. The van der Waals surface area contributed by atoms with Gasteiger partial charge in [0, 0.05) is 12.8 Å². The van der Waals surface area contributed by atoms with Gasteiger partial charge in [-0.2, -0.15) is 0 Å². The molecule has 2 fully saturated rings. The Morgan fingerprint density at radius 3 is 1.61 bits per heavy atom. The molecule has 0 spiro atoms. The smallest absolute Gasteiger partial charge is 0.248 e. The molecule has 142 valence electrons. The van der Waals surface area contributed by atoms with Crippen LogP contribution in [-0.4, -0.2) is 13.1 Å². The maximum Gasteiger partial charge on any atom is 0.248 e. The molecule has 0 aromatic heterocycles. The Labute approximate surface area is 143 Å². The SMILES string of the molecule is CC.CC.CC1CC(F)(F)CCC1C1CCCCCCC1.CF. The van der Waals surface area contributed by atoms with Crippen molar-refractivity contribution in [3.8, 4) is 0 Å². The molecule has 0 nitrogen and oxygen atoms in total. The topological polar surface area (TPSA) is 0 Å². The highest BCUT2D eigenvalue weighted by atomic mass is 19.3. The Balaban J connectivity index is 0. The number of hydrogen-bond acceptors (Lipinski definition) is 0. The van der Waals surface area contributed by atoms with Crippen molar-refractivity contribution in [3.05, 3.63) is 0 Å². The fourth-order valence-electron chi connectivity index (χ4n) is 4.00. The lowest BCUT2D eigenvalue weighted by atomic mass is 9.68. The van der Waals surface area contributed by atoms with Gasteiger partial charge in [-0.05, 0) is 24.2 Å². The first-order valence-electron chi connectivity index (χ1n) is 9.84. The second kappa shape index (κ2) is 15.3. The minimum atomic E-state index is -2.38. The van der Waals surface area contributed by atoms with E-state index in [1.807, 2.05) is 27.7 Å². The van der Waals surface area contributed by atoms with Gasteiger partial charge in [-0.1, -0.05) is 79.6 Å². The lowest BCUT2D eigenvalue weighted by molar-refractivity contribution is -0.0759. The van der Waals surface area contributed by atoms with Crippen LogP contribution in [0, 0.1) is 17.8 Å². The minimum absolute atomic E-state index is 0.133. The highest BCUT2D eigenvalue weighted by Gasteiger charge is 2.41. The van der Waals surface area contributed by atoms with Gasteiger partial charge in [0.1, 0.15) is 0 Å². The van der Waals surface area contributed by atoms with Gasteiger partial charge in [0.25, 0.3) is 0 Å². The summed E-state index contributed by atoms with van der Waals surface area (Å²) >= 11 is 0. The van der Waals surface area contributed by atoms with E-state index in [1.54, 1.807) is 0 Å². The van der Waals surface area contributed by atoms with Crippen molar-refractivity contribution in [3.63, 3.8) is 0 Å². The van der Waals surface area contributed by atoms with Crippen LogP contribution in [0.25, 0.3) is 0 Å². The van der Waals surface area contributed by atoms with Crippen LogP contribution in [0.5, 0.6) is 0 Å². The van der Waals surface area contributed by atoms with Crippen molar-refractivity contribution >= 4 is 0 Å². The molecule has 2 unspecified atom stereocenters. The van der Waals surface area contributed by atoms with E-state index in [2.05, 4.69) is 6.92 Å². The summed E-state index contributed by atoms with van der Waals surface area (Å²) < 4.78 is 36.2. The monoisotopic (exact) mass is 338 g/mol. The van der Waals surface area contributed by atoms with E-state index in [4.69, 9.17) is 0 Å². The second-order valence-electron chi connectivity index (χ2n) is 6.35. The number of hydrogen-bond donors (Lipinski definition) is 0. The third-order valence-corrected chi connectivity index (χ3v) is 4.95. The van der Waals surface area contributed by atoms with Crippen molar-refractivity contribution in [2.75, 3.05) is 7.18 Å². The van der Waals surface area contributed by atoms with Crippen molar-refractivity contribution in [2.24, 2.45) is 17.8 Å². The van der Waals surface area contributed by atoms with Crippen LogP contribution in [0.1, 0.15) is 98.8 Å². The van der Waals surface area contributed by atoms with Gasteiger partial charge in [0.05, 0.1) is 7.18 Å². The zero-order valence-corrected chi connectivity index (χ0v) is 16.4. The van der Waals surface area contributed by atoms with Crippen LogP contribution < -0.4 is 0 Å². The van der Waals surface area contributed by atoms with E-state index in [9.17, 15) is 13.2 Å². The quantitative estimate of drug-likeness (QED) is 0.453. The molecule has 23 heavy (non-hydrogen) atoms. The summed E-state index contributed by atoms with van der Waals surface area (Å²) in [6.45, 7) is 10.1. The van der Waals surface area contributed by atoms with Crippen molar-refractivity contribution in [1.82, 2.24) is 0 Å². The molecular weight excluding hydrogens is 297 g/mol. The zero-order valence-electron chi connectivity index (χ0n) is 16.4. The summed E-state index contributed by atoms with van der Waals surface area (Å²) in [5.74, 6) is -0.838. The van der Waals surface area contributed by atoms with Crippen LogP contribution in [0.4, 0.5) is 13.2 Å². The van der Waals surface area contributed by atoms with Crippen molar-refractivity contribution in [2.45, 2.75) is 105 Å². The van der Waals surface area contributed by atoms with E-state index in [0.29, 0.717) is 13.1 Å². The molecule has 0 aliphatic heterocycles. The third-order valence-electron chi connectivity index (χ3n) is 4.95. The van der Waals surface area contributed by atoms with E-state index in [1.165, 1.54) is 44.9 Å². The molecule has 2 rings (SSSR count). The fraction of sp³-hybridized carbons (Fsp3) is 1.00. The molecule has 0 radical (unpaired) electrons. The van der Waals surface area contributed by atoms with E-state index in [0.717, 1.165) is 12.3 Å². The Hall–Kier alpha value is -0.210. The predicted molar refractivity (Wildman–Crippen MR) is 97.0 cm³/mol. The number of rotatable bonds is 1. The zero-order chi connectivity index (χ0) is 18.3. The van der Waals surface area contributed by atoms with Gasteiger partial charge in [0.2, 0.25) is 5.92 Å². The summed E-state index contributed by atoms with van der Waals surface area (Å²) in [4.78, 5) is 0. The van der Waals surface area contributed by atoms with Crippen LogP contribution >= 0.6 is 0 Å². The summed E-state index contributed by atoms with van der Waals surface area (Å²) in [5, 5.41) is 0. The molecule has 2 atom stereocenters. The van der Waals surface area contributed by atoms with Gasteiger partial charge in [-0.3, -0.25) is 4.39 Å². The summed E-state index contributed by atoms with van der Waals surface area (Å²) in [6.07, 6.45) is 10.4. The molecular formula is C20H41F3. The first-order chi connectivity index (χ1) is 11.1. The molecule has 0 aromatic rings. The largest absolute Gasteiger partial charge is 0.255 e. The Morgan fingerprint density at radius 2 is 1.17 bits per heavy atom. The highest BCUT2D eigenvalue weighted by molar-refractivity contribution is 4.86. The molecule has 0 saturated heterocycles. The average Bonchev–Trinajstić information content (AvgIpc) is 2.53. The van der Waals surface area contributed by atoms with Gasteiger partial charge in [-0.15, -0.1) is 0 Å².